The zero-order valence-corrected chi connectivity index (χ0v) is 10.3. The van der Waals surface area contributed by atoms with E-state index in [-0.39, 0.29) is 17.8 Å². The summed E-state index contributed by atoms with van der Waals surface area (Å²) in [4.78, 5) is 12.0. The first-order chi connectivity index (χ1) is 7.63. The van der Waals surface area contributed by atoms with E-state index in [0.29, 0.717) is 11.4 Å². The van der Waals surface area contributed by atoms with Crippen molar-refractivity contribution in [2.45, 2.75) is 32.8 Å². The van der Waals surface area contributed by atoms with Crippen LogP contribution in [-0.2, 0) is 11.2 Å². The fraction of sp³-hybridized carbons (Fsp3) is 0.462. The van der Waals surface area contributed by atoms with Crippen molar-refractivity contribution in [3.05, 3.63) is 28.8 Å². The van der Waals surface area contributed by atoms with Crippen LogP contribution in [0.2, 0.25) is 5.02 Å². The van der Waals surface area contributed by atoms with Crippen LogP contribution >= 0.6 is 11.6 Å². The lowest BCUT2D eigenvalue weighted by atomic mass is 9.96. The first kappa shape index (κ1) is 11.5. The predicted molar refractivity (Wildman–Crippen MR) is 64.0 cm³/mol. The van der Waals surface area contributed by atoms with E-state index >= 15 is 0 Å². The molecule has 0 bridgehead atoms. The molecule has 2 unspecified atom stereocenters. The number of fused-ring (bicyclic) bond motifs is 1. The van der Waals surface area contributed by atoms with Gasteiger partial charge in [0.05, 0.1) is 0 Å². The van der Waals surface area contributed by atoms with E-state index < -0.39 is 0 Å². The Morgan fingerprint density at radius 2 is 2.38 bits per heavy atom. The van der Waals surface area contributed by atoms with Gasteiger partial charge in [0.1, 0.15) is 5.75 Å². The average molecular weight is 239 g/mol. The lowest BCUT2D eigenvalue weighted by molar-refractivity contribution is -0.128. The second-order valence-corrected chi connectivity index (χ2v) is 4.65. The van der Waals surface area contributed by atoms with Gasteiger partial charge in [-0.3, -0.25) is 4.79 Å². The predicted octanol–water partition coefficient (Wildman–Crippen LogP) is 3.26. The molecule has 16 heavy (non-hydrogen) atoms. The van der Waals surface area contributed by atoms with Crippen molar-refractivity contribution in [2.24, 2.45) is 5.92 Å². The number of Topliss-reactive ketones (excluding diaryl/α,β-unsaturated/α-hetero) is 1. The maximum atomic E-state index is 12.0. The number of ketones is 1. The number of hydrogen-bond acceptors (Lipinski definition) is 2. The molecule has 0 N–H and O–H groups in total. The zero-order valence-electron chi connectivity index (χ0n) is 9.50. The molecule has 0 aromatic heterocycles. The highest BCUT2D eigenvalue weighted by molar-refractivity contribution is 6.31. The maximum absolute atomic E-state index is 12.0. The minimum Gasteiger partial charge on any atom is -0.482 e. The molecule has 0 radical (unpaired) electrons. The Hall–Kier alpha value is -1.02. The van der Waals surface area contributed by atoms with Crippen molar-refractivity contribution in [1.29, 1.82) is 0 Å². The second-order valence-electron chi connectivity index (χ2n) is 4.24. The van der Waals surface area contributed by atoms with Crippen LogP contribution in [-0.4, -0.2) is 11.9 Å². The van der Waals surface area contributed by atoms with E-state index in [0.717, 1.165) is 17.7 Å². The fourth-order valence-electron chi connectivity index (χ4n) is 1.90. The Kier molecular flexibility index (Phi) is 3.20. The molecule has 1 aromatic carbocycles. The minimum absolute atomic E-state index is 0.0538. The lowest BCUT2D eigenvalue weighted by Crippen LogP contribution is -2.30. The normalized spacial score (nSPS) is 20.1. The smallest absolute Gasteiger partial charge is 0.176 e. The third-order valence-electron chi connectivity index (χ3n) is 3.15. The van der Waals surface area contributed by atoms with Gasteiger partial charge in [-0.2, -0.15) is 0 Å². The molecule has 2 nitrogen and oxygen atoms in total. The van der Waals surface area contributed by atoms with Gasteiger partial charge in [0.25, 0.3) is 0 Å². The number of halogens is 1. The maximum Gasteiger partial charge on any atom is 0.176 e. The summed E-state index contributed by atoms with van der Waals surface area (Å²) in [5, 5.41) is 0.692. The lowest BCUT2D eigenvalue weighted by Gasteiger charge is -2.13. The molecule has 1 heterocycles. The Bertz CT molecular complexity index is 414. The first-order valence-electron chi connectivity index (χ1n) is 5.61. The largest absolute Gasteiger partial charge is 0.482 e. The summed E-state index contributed by atoms with van der Waals surface area (Å²) in [6, 6.07) is 5.54. The first-order valence-corrected chi connectivity index (χ1v) is 5.99. The number of hydrogen-bond donors (Lipinski definition) is 0. The van der Waals surface area contributed by atoms with Crippen LogP contribution in [0, 0.1) is 5.92 Å². The highest BCUT2D eigenvalue weighted by Crippen LogP contribution is 2.35. The Morgan fingerprint density at radius 3 is 3.00 bits per heavy atom. The highest BCUT2D eigenvalue weighted by Gasteiger charge is 2.32. The summed E-state index contributed by atoms with van der Waals surface area (Å²) in [6.45, 7) is 3.95. The van der Waals surface area contributed by atoms with Crippen LogP contribution < -0.4 is 4.74 Å². The van der Waals surface area contributed by atoms with Crippen molar-refractivity contribution in [2.75, 3.05) is 0 Å². The van der Waals surface area contributed by atoms with Crippen LogP contribution in [0.15, 0.2) is 18.2 Å². The molecule has 0 aliphatic carbocycles. The van der Waals surface area contributed by atoms with Crippen LogP contribution in [0.5, 0.6) is 5.75 Å². The van der Waals surface area contributed by atoms with E-state index in [4.69, 9.17) is 16.3 Å². The second kappa shape index (κ2) is 4.46. The third kappa shape index (κ3) is 1.94. The van der Waals surface area contributed by atoms with Crippen molar-refractivity contribution in [1.82, 2.24) is 0 Å². The average Bonchev–Trinajstić information content (AvgIpc) is 2.72. The van der Waals surface area contributed by atoms with E-state index in [1.54, 1.807) is 0 Å². The van der Waals surface area contributed by atoms with Gasteiger partial charge in [0, 0.05) is 22.9 Å². The monoisotopic (exact) mass is 238 g/mol. The molecular formula is C13H15ClO2. The van der Waals surface area contributed by atoms with E-state index in [1.165, 1.54) is 0 Å². The quantitative estimate of drug-likeness (QED) is 0.808. The molecular weight excluding hydrogens is 224 g/mol. The standard InChI is InChI=1S/C13H15ClO2/c1-3-8(2)13(15)12-7-9-10(14)5-4-6-11(9)16-12/h4-6,8,12H,3,7H2,1-2H3. The molecule has 0 spiro atoms. The van der Waals surface area contributed by atoms with E-state index in [9.17, 15) is 4.79 Å². The summed E-state index contributed by atoms with van der Waals surface area (Å²) in [5.74, 6) is 0.988. The third-order valence-corrected chi connectivity index (χ3v) is 3.50. The number of ether oxygens (including phenoxy) is 1. The van der Waals surface area contributed by atoms with Gasteiger partial charge in [0.15, 0.2) is 11.9 Å². The van der Waals surface area contributed by atoms with Gasteiger partial charge in [-0.25, -0.2) is 0 Å². The molecule has 0 saturated heterocycles. The molecule has 2 atom stereocenters. The van der Waals surface area contributed by atoms with Gasteiger partial charge in [0.2, 0.25) is 0 Å². The van der Waals surface area contributed by atoms with Crippen molar-refractivity contribution >= 4 is 17.4 Å². The summed E-state index contributed by atoms with van der Waals surface area (Å²) in [7, 11) is 0. The van der Waals surface area contributed by atoms with Crippen LogP contribution in [0.25, 0.3) is 0 Å². The SMILES string of the molecule is CCC(C)C(=O)C1Cc2c(Cl)cccc2O1. The van der Waals surface area contributed by atoms with Gasteiger partial charge in [-0.15, -0.1) is 0 Å². The molecule has 1 aromatic rings. The zero-order chi connectivity index (χ0) is 11.7. The van der Waals surface area contributed by atoms with Crippen molar-refractivity contribution < 1.29 is 9.53 Å². The number of carbonyl (C=O) groups excluding carboxylic acids is 1. The van der Waals surface area contributed by atoms with E-state index in [1.807, 2.05) is 32.0 Å². The van der Waals surface area contributed by atoms with Crippen molar-refractivity contribution in [3.8, 4) is 5.75 Å². The van der Waals surface area contributed by atoms with Crippen LogP contribution in [0.3, 0.4) is 0 Å². The molecule has 1 aliphatic rings. The molecule has 2 rings (SSSR count). The summed E-state index contributed by atoms with van der Waals surface area (Å²) >= 11 is 6.06. The highest BCUT2D eigenvalue weighted by atomic mass is 35.5. The molecule has 0 fully saturated rings. The molecule has 3 heteroatoms. The Balaban J connectivity index is 2.17. The Morgan fingerprint density at radius 1 is 1.62 bits per heavy atom. The minimum atomic E-state index is -0.343. The molecule has 86 valence electrons. The summed E-state index contributed by atoms with van der Waals surface area (Å²) < 4.78 is 5.64. The summed E-state index contributed by atoms with van der Waals surface area (Å²) in [5.41, 5.74) is 0.964. The van der Waals surface area contributed by atoms with Crippen LogP contribution in [0.1, 0.15) is 25.8 Å². The molecule has 1 aliphatic heterocycles. The Labute approximate surface area is 101 Å². The topological polar surface area (TPSA) is 26.3 Å². The van der Waals surface area contributed by atoms with Gasteiger partial charge < -0.3 is 4.74 Å². The van der Waals surface area contributed by atoms with Crippen LogP contribution in [0.4, 0.5) is 0 Å². The van der Waals surface area contributed by atoms with Crippen molar-refractivity contribution in [3.63, 3.8) is 0 Å². The fourth-order valence-corrected chi connectivity index (χ4v) is 2.15. The number of benzene rings is 1. The number of carbonyl (C=O) groups is 1. The van der Waals surface area contributed by atoms with Gasteiger partial charge >= 0.3 is 0 Å². The molecule has 0 saturated carbocycles. The summed E-state index contributed by atoms with van der Waals surface area (Å²) in [6.07, 6.45) is 1.12. The number of rotatable bonds is 3. The van der Waals surface area contributed by atoms with Gasteiger partial charge in [-0.1, -0.05) is 31.5 Å². The van der Waals surface area contributed by atoms with E-state index in [2.05, 4.69) is 0 Å². The molecule has 0 amide bonds. The van der Waals surface area contributed by atoms with Gasteiger partial charge in [-0.05, 0) is 18.6 Å².